The Bertz CT molecular complexity index is 1520. The van der Waals surface area contributed by atoms with Crippen LogP contribution in [0, 0.1) is 0 Å². The lowest BCUT2D eigenvalue weighted by Crippen LogP contribution is -2.61. The molecule has 0 bridgehead atoms. The highest BCUT2D eigenvalue weighted by molar-refractivity contribution is 6.01. The Morgan fingerprint density at radius 2 is 1.47 bits per heavy atom. The summed E-state index contributed by atoms with van der Waals surface area (Å²) in [5.74, 6) is -0.445. The molecule has 236 valence electrons. The standard InChI is InChI=1S/C27H32O16/c1-36-12-5-4-11(16-19(32)15-9(28)6-13(37-2)24(38-3)25(15)43-23(12)16)41-27-22(35)20(33)18(31)14(42-27)8-40-26-21(34)17(30)10(29)7-39-26/h4-6,10,14,17-18,20-22,26-31,33-35H,7-8H2,1-3H3. The van der Waals surface area contributed by atoms with E-state index in [1.807, 2.05) is 0 Å². The van der Waals surface area contributed by atoms with E-state index in [0.29, 0.717) is 0 Å². The molecule has 3 aromatic rings. The number of aromatic hydroxyl groups is 1. The van der Waals surface area contributed by atoms with Gasteiger partial charge in [0.15, 0.2) is 29.0 Å². The van der Waals surface area contributed by atoms with Gasteiger partial charge >= 0.3 is 0 Å². The molecule has 2 saturated heterocycles. The molecule has 2 fully saturated rings. The molecule has 16 nitrogen and oxygen atoms in total. The zero-order chi connectivity index (χ0) is 31.2. The molecule has 0 aliphatic carbocycles. The van der Waals surface area contributed by atoms with Crippen LogP contribution in [0.1, 0.15) is 0 Å². The van der Waals surface area contributed by atoms with Gasteiger partial charge in [-0.05, 0) is 12.1 Å². The third-order valence-electron chi connectivity index (χ3n) is 7.36. The predicted octanol–water partition coefficient (Wildman–Crippen LogP) is -1.68. The zero-order valence-corrected chi connectivity index (χ0v) is 23.1. The molecule has 2 aliphatic rings. The van der Waals surface area contributed by atoms with E-state index in [2.05, 4.69) is 0 Å². The van der Waals surface area contributed by atoms with Gasteiger partial charge in [-0.3, -0.25) is 4.79 Å². The number of ether oxygens (including phenoxy) is 7. The molecule has 9 unspecified atom stereocenters. The third-order valence-corrected chi connectivity index (χ3v) is 7.36. The third kappa shape index (κ3) is 5.41. The van der Waals surface area contributed by atoms with Crippen molar-refractivity contribution in [1.82, 2.24) is 0 Å². The van der Waals surface area contributed by atoms with E-state index in [1.165, 1.54) is 39.5 Å². The zero-order valence-electron chi connectivity index (χ0n) is 23.1. The van der Waals surface area contributed by atoms with Crippen LogP contribution in [0.2, 0.25) is 0 Å². The lowest BCUT2D eigenvalue weighted by atomic mass is 9.99. The fourth-order valence-corrected chi connectivity index (χ4v) is 5.01. The van der Waals surface area contributed by atoms with Crippen LogP contribution in [0.4, 0.5) is 0 Å². The number of hydrogen-bond acceptors (Lipinski definition) is 16. The number of benzene rings is 2. The SMILES string of the molecule is COc1cc(O)c2c(=O)c3c(OC4OC(COC5OCC(O)C(O)C5O)C(O)C(O)C4O)ccc(OC)c3oc2c1OC. The van der Waals surface area contributed by atoms with E-state index in [4.69, 9.17) is 37.6 Å². The van der Waals surface area contributed by atoms with E-state index in [1.54, 1.807) is 0 Å². The maximum atomic E-state index is 13.8. The van der Waals surface area contributed by atoms with Gasteiger partial charge in [0, 0.05) is 6.07 Å². The highest BCUT2D eigenvalue weighted by atomic mass is 16.7. The number of phenolic OH excluding ortho intramolecular Hbond substituents is 1. The lowest BCUT2D eigenvalue weighted by Gasteiger charge is -2.41. The molecule has 7 N–H and O–H groups in total. The maximum Gasteiger partial charge on any atom is 0.229 e. The molecular weight excluding hydrogens is 580 g/mol. The van der Waals surface area contributed by atoms with E-state index in [-0.39, 0.29) is 51.5 Å². The first kappa shape index (κ1) is 31.0. The molecule has 5 rings (SSSR count). The van der Waals surface area contributed by atoms with Gasteiger partial charge in [-0.25, -0.2) is 0 Å². The Morgan fingerprint density at radius 3 is 2.14 bits per heavy atom. The van der Waals surface area contributed by atoms with Crippen LogP contribution in [-0.4, -0.2) is 126 Å². The van der Waals surface area contributed by atoms with E-state index >= 15 is 0 Å². The quantitative estimate of drug-likeness (QED) is 0.141. The van der Waals surface area contributed by atoms with Crippen molar-refractivity contribution in [2.45, 2.75) is 55.3 Å². The van der Waals surface area contributed by atoms with Gasteiger partial charge in [0.1, 0.15) is 65.0 Å². The second-order valence-corrected chi connectivity index (χ2v) is 9.95. The van der Waals surface area contributed by atoms with Crippen LogP contribution in [-0.2, 0) is 14.2 Å². The minimum Gasteiger partial charge on any atom is -0.507 e. The maximum absolute atomic E-state index is 13.8. The van der Waals surface area contributed by atoms with Crippen molar-refractivity contribution in [2.24, 2.45) is 0 Å². The van der Waals surface area contributed by atoms with Gasteiger partial charge in [-0.1, -0.05) is 0 Å². The molecule has 2 aliphatic heterocycles. The van der Waals surface area contributed by atoms with Crippen molar-refractivity contribution in [3.05, 3.63) is 28.4 Å². The summed E-state index contributed by atoms with van der Waals surface area (Å²) in [6.45, 7) is -0.846. The summed E-state index contributed by atoms with van der Waals surface area (Å²) in [4.78, 5) is 13.8. The number of aliphatic hydroxyl groups is 6. The molecule has 0 spiro atoms. The first-order valence-corrected chi connectivity index (χ1v) is 13.1. The van der Waals surface area contributed by atoms with E-state index in [9.17, 15) is 40.5 Å². The number of phenols is 1. The van der Waals surface area contributed by atoms with Crippen molar-refractivity contribution < 1.29 is 73.3 Å². The lowest BCUT2D eigenvalue weighted by molar-refractivity contribution is -0.307. The number of fused-ring (bicyclic) bond motifs is 2. The molecule has 3 heterocycles. The minimum absolute atomic E-state index is 0.0303. The van der Waals surface area contributed by atoms with E-state index < -0.39 is 73.1 Å². The smallest absolute Gasteiger partial charge is 0.229 e. The molecule has 0 saturated carbocycles. The average Bonchev–Trinajstić information content (AvgIpc) is 3.00. The van der Waals surface area contributed by atoms with Gasteiger partial charge in [0.2, 0.25) is 17.5 Å². The van der Waals surface area contributed by atoms with Crippen LogP contribution in [0.3, 0.4) is 0 Å². The van der Waals surface area contributed by atoms with Crippen molar-refractivity contribution in [1.29, 1.82) is 0 Å². The molecule has 0 radical (unpaired) electrons. The number of aliphatic hydroxyl groups excluding tert-OH is 6. The Morgan fingerprint density at radius 1 is 0.791 bits per heavy atom. The molecule has 43 heavy (non-hydrogen) atoms. The topological polar surface area (TPSA) is 236 Å². The van der Waals surface area contributed by atoms with Crippen molar-refractivity contribution >= 4 is 21.9 Å². The second kappa shape index (κ2) is 12.3. The van der Waals surface area contributed by atoms with Crippen molar-refractivity contribution in [3.63, 3.8) is 0 Å². The summed E-state index contributed by atoms with van der Waals surface area (Å²) in [6, 6.07) is 3.90. The van der Waals surface area contributed by atoms with E-state index in [0.717, 1.165) is 0 Å². The number of rotatable bonds is 8. The van der Waals surface area contributed by atoms with Gasteiger partial charge < -0.3 is 73.3 Å². The Kier molecular flexibility index (Phi) is 8.85. The fourth-order valence-electron chi connectivity index (χ4n) is 5.01. The van der Waals surface area contributed by atoms with Crippen LogP contribution >= 0.6 is 0 Å². The summed E-state index contributed by atoms with van der Waals surface area (Å²) in [6.07, 6.45) is -14.3. The van der Waals surface area contributed by atoms with Gasteiger partial charge in [0.05, 0.1) is 34.5 Å². The Labute approximate surface area is 242 Å². The van der Waals surface area contributed by atoms with Gasteiger partial charge in [0.25, 0.3) is 0 Å². The largest absolute Gasteiger partial charge is 0.507 e. The summed E-state index contributed by atoms with van der Waals surface area (Å²) in [5, 5.41) is 71.5. The normalized spacial score (nSPS) is 31.2. The predicted molar refractivity (Wildman–Crippen MR) is 142 cm³/mol. The molecule has 0 amide bonds. The highest BCUT2D eigenvalue weighted by Gasteiger charge is 2.46. The van der Waals surface area contributed by atoms with Crippen molar-refractivity contribution in [2.75, 3.05) is 34.5 Å². The second-order valence-electron chi connectivity index (χ2n) is 9.95. The van der Waals surface area contributed by atoms with Crippen molar-refractivity contribution in [3.8, 4) is 28.7 Å². The average molecular weight is 613 g/mol. The summed E-state index contributed by atoms with van der Waals surface area (Å²) < 4.78 is 44.0. The number of methoxy groups -OCH3 is 3. The molecule has 9 atom stereocenters. The first-order valence-electron chi connectivity index (χ1n) is 13.1. The summed E-state index contributed by atoms with van der Waals surface area (Å²) >= 11 is 0. The van der Waals surface area contributed by atoms with Crippen LogP contribution in [0.25, 0.3) is 21.9 Å². The summed E-state index contributed by atoms with van der Waals surface area (Å²) in [5.41, 5.74) is -1.02. The summed E-state index contributed by atoms with van der Waals surface area (Å²) in [7, 11) is 4.00. The molecule has 1 aromatic heterocycles. The van der Waals surface area contributed by atoms with Crippen LogP contribution in [0.15, 0.2) is 27.4 Å². The minimum atomic E-state index is -1.82. The Balaban J connectivity index is 1.49. The Hall–Kier alpha value is -3.45. The highest BCUT2D eigenvalue weighted by Crippen LogP contribution is 2.43. The van der Waals surface area contributed by atoms with Gasteiger partial charge in [-0.15, -0.1) is 0 Å². The van der Waals surface area contributed by atoms with Crippen LogP contribution < -0.4 is 24.4 Å². The molecule has 2 aromatic carbocycles. The number of hydrogen-bond donors (Lipinski definition) is 7. The molecular formula is C27H32O16. The van der Waals surface area contributed by atoms with Gasteiger partial charge in [-0.2, -0.15) is 0 Å². The first-order chi connectivity index (χ1) is 20.5. The molecule has 16 heteroatoms. The van der Waals surface area contributed by atoms with Crippen LogP contribution in [0.5, 0.6) is 28.7 Å². The monoisotopic (exact) mass is 612 g/mol. The fraction of sp³-hybridized carbons (Fsp3) is 0.519.